The van der Waals surface area contributed by atoms with Crippen LogP contribution >= 0.6 is 12.6 Å². The molecular formula is C17H26N6O8S. The van der Waals surface area contributed by atoms with E-state index >= 15 is 0 Å². The number of imidazole rings is 1. The molecule has 5 unspecified atom stereocenters. The van der Waals surface area contributed by atoms with Crippen molar-refractivity contribution < 1.29 is 39.3 Å². The van der Waals surface area contributed by atoms with Crippen LogP contribution < -0.4 is 21.7 Å². The third kappa shape index (κ3) is 8.52. The molecule has 5 atom stereocenters. The van der Waals surface area contributed by atoms with E-state index in [0.29, 0.717) is 5.69 Å². The van der Waals surface area contributed by atoms with Crippen molar-refractivity contribution in [2.75, 3.05) is 5.75 Å². The molecule has 0 aromatic carbocycles. The minimum absolute atomic E-state index is 0.00973. The number of thiol groups is 1. The van der Waals surface area contributed by atoms with Gasteiger partial charge in [0, 0.05) is 24.1 Å². The number of nitrogens with zero attached hydrogens (tertiary/aromatic N) is 1. The molecule has 32 heavy (non-hydrogen) atoms. The van der Waals surface area contributed by atoms with Gasteiger partial charge in [0.15, 0.2) is 6.04 Å². The highest BCUT2D eigenvalue weighted by atomic mass is 32.1. The third-order valence-corrected chi connectivity index (χ3v) is 4.60. The lowest BCUT2D eigenvalue weighted by atomic mass is 10.1. The summed E-state index contributed by atoms with van der Waals surface area (Å²) < 4.78 is 0. The van der Waals surface area contributed by atoms with Crippen LogP contribution in [0.25, 0.3) is 0 Å². The first kappa shape index (κ1) is 26.9. The summed E-state index contributed by atoms with van der Waals surface area (Å²) in [5, 5.41) is 34.3. The van der Waals surface area contributed by atoms with Gasteiger partial charge in [0.1, 0.15) is 12.1 Å². The third-order valence-electron chi connectivity index (χ3n) is 4.20. The predicted octanol–water partition coefficient (Wildman–Crippen LogP) is -3.40. The molecule has 14 nitrogen and oxygen atoms in total. The number of H-pyrrole nitrogens is 1. The van der Waals surface area contributed by atoms with Gasteiger partial charge in [-0.2, -0.15) is 12.6 Å². The highest BCUT2D eigenvalue weighted by Gasteiger charge is 2.33. The van der Waals surface area contributed by atoms with Crippen molar-refractivity contribution in [1.29, 1.82) is 0 Å². The second-order valence-corrected chi connectivity index (χ2v) is 7.22. The first-order valence-electron chi connectivity index (χ1n) is 9.33. The lowest BCUT2D eigenvalue weighted by Crippen LogP contribution is -2.59. The summed E-state index contributed by atoms with van der Waals surface area (Å²) in [6.45, 7) is 1.12. The van der Waals surface area contributed by atoms with Gasteiger partial charge in [-0.15, -0.1) is 0 Å². The van der Waals surface area contributed by atoms with Crippen molar-refractivity contribution in [2.24, 2.45) is 5.73 Å². The number of aliphatic carboxylic acids is 2. The number of aromatic nitrogens is 2. The summed E-state index contributed by atoms with van der Waals surface area (Å²) in [6, 6.07) is -5.73. The molecule has 0 fully saturated rings. The number of carboxylic acids is 2. The normalized spacial score (nSPS) is 15.5. The maximum absolute atomic E-state index is 12.8. The average Bonchev–Trinajstić information content (AvgIpc) is 3.22. The van der Waals surface area contributed by atoms with Crippen LogP contribution in [0.4, 0.5) is 0 Å². The van der Waals surface area contributed by atoms with Crippen molar-refractivity contribution in [1.82, 2.24) is 25.9 Å². The Balaban J connectivity index is 3.04. The molecule has 3 amide bonds. The molecule has 1 heterocycles. The number of carbonyl (C=O) groups excluding carboxylic acids is 3. The number of hydrogen-bond acceptors (Lipinski definition) is 9. The molecule has 1 aromatic rings. The molecule has 0 saturated carbocycles. The van der Waals surface area contributed by atoms with Gasteiger partial charge in [-0.25, -0.2) is 9.78 Å². The van der Waals surface area contributed by atoms with E-state index < -0.39 is 66.4 Å². The number of rotatable bonds is 13. The maximum atomic E-state index is 12.8. The first-order valence-corrected chi connectivity index (χ1v) is 9.97. The Morgan fingerprint density at radius 3 is 2.16 bits per heavy atom. The quantitative estimate of drug-likeness (QED) is 0.128. The molecule has 1 rings (SSSR count). The molecule has 1 aromatic heterocycles. The van der Waals surface area contributed by atoms with Crippen LogP contribution in [0.5, 0.6) is 0 Å². The van der Waals surface area contributed by atoms with Gasteiger partial charge in [-0.1, -0.05) is 0 Å². The topological polar surface area (TPSA) is 237 Å². The van der Waals surface area contributed by atoms with Crippen molar-refractivity contribution in [3.63, 3.8) is 0 Å². The molecule has 178 valence electrons. The molecule has 0 saturated heterocycles. The standard InChI is InChI=1S/C17H26N6O8S/c1-7(24)13(17(30)31)23-16(29)11(3-12(25)26)22-15(28)10(2-8-4-19-6-20-8)21-14(27)9(18)5-32/h4,6-7,9-11,13,24,32H,2-3,5,18H2,1H3,(H,19,20)(H,21,27)(H,22,28)(H,23,29)(H,25,26)(H,30,31). The van der Waals surface area contributed by atoms with Crippen LogP contribution in [0.3, 0.4) is 0 Å². The van der Waals surface area contributed by atoms with Gasteiger partial charge in [0.2, 0.25) is 17.7 Å². The van der Waals surface area contributed by atoms with Crippen LogP contribution in [0.15, 0.2) is 12.5 Å². The van der Waals surface area contributed by atoms with Crippen molar-refractivity contribution in [2.45, 2.75) is 50.0 Å². The number of aliphatic hydroxyl groups excluding tert-OH is 1. The van der Waals surface area contributed by atoms with Crippen LogP contribution in [-0.2, 0) is 30.4 Å². The highest BCUT2D eigenvalue weighted by Crippen LogP contribution is 2.03. The van der Waals surface area contributed by atoms with E-state index in [9.17, 15) is 29.1 Å². The van der Waals surface area contributed by atoms with Gasteiger partial charge in [-0.05, 0) is 6.92 Å². The zero-order valence-electron chi connectivity index (χ0n) is 17.0. The summed E-state index contributed by atoms with van der Waals surface area (Å²) in [5.41, 5.74) is 6.05. The van der Waals surface area contributed by atoms with E-state index in [1.165, 1.54) is 12.5 Å². The van der Waals surface area contributed by atoms with E-state index in [1.54, 1.807) is 0 Å². The fourth-order valence-electron chi connectivity index (χ4n) is 2.49. The lowest BCUT2D eigenvalue weighted by molar-refractivity contribution is -0.146. The Hall–Kier alpha value is -3.17. The number of amides is 3. The van der Waals surface area contributed by atoms with Gasteiger partial charge < -0.3 is 42.0 Å². The molecule has 0 aliphatic heterocycles. The molecule has 0 bridgehead atoms. The van der Waals surface area contributed by atoms with Crippen molar-refractivity contribution in [3.05, 3.63) is 18.2 Å². The SMILES string of the molecule is CC(O)C(NC(=O)C(CC(=O)O)NC(=O)C(Cc1cnc[nH]1)NC(=O)C(N)CS)C(=O)O. The summed E-state index contributed by atoms with van der Waals surface area (Å²) in [7, 11) is 0. The summed E-state index contributed by atoms with van der Waals surface area (Å²) in [5.74, 6) is -5.81. The maximum Gasteiger partial charge on any atom is 0.328 e. The second kappa shape index (κ2) is 12.6. The number of aliphatic hydroxyl groups is 1. The Bertz CT molecular complexity index is 818. The molecular weight excluding hydrogens is 448 g/mol. The Morgan fingerprint density at radius 2 is 1.69 bits per heavy atom. The predicted molar refractivity (Wildman–Crippen MR) is 111 cm³/mol. The molecule has 9 N–H and O–H groups in total. The van der Waals surface area contributed by atoms with Crippen LogP contribution in [0, 0.1) is 0 Å². The second-order valence-electron chi connectivity index (χ2n) is 6.86. The number of nitrogens with two attached hydrogens (primary N) is 1. The van der Waals surface area contributed by atoms with E-state index in [1.807, 2.05) is 5.32 Å². The molecule has 0 radical (unpaired) electrons. The van der Waals surface area contributed by atoms with E-state index in [4.69, 9.17) is 15.9 Å². The van der Waals surface area contributed by atoms with Crippen molar-refractivity contribution in [3.8, 4) is 0 Å². The van der Waals surface area contributed by atoms with Gasteiger partial charge in [-0.3, -0.25) is 19.2 Å². The average molecular weight is 474 g/mol. The monoisotopic (exact) mass is 474 g/mol. The summed E-state index contributed by atoms with van der Waals surface area (Å²) in [4.78, 5) is 66.3. The van der Waals surface area contributed by atoms with Gasteiger partial charge >= 0.3 is 11.9 Å². The fraction of sp³-hybridized carbons (Fsp3) is 0.529. The molecule has 0 aliphatic carbocycles. The summed E-state index contributed by atoms with van der Waals surface area (Å²) in [6.07, 6.45) is 0.266. The number of nitrogens with one attached hydrogen (secondary N) is 4. The molecule has 0 aliphatic rings. The van der Waals surface area contributed by atoms with Crippen LogP contribution in [-0.4, -0.2) is 91.0 Å². The number of aromatic amines is 1. The smallest absolute Gasteiger partial charge is 0.328 e. The number of hydrogen-bond donors (Lipinski definition) is 9. The lowest BCUT2D eigenvalue weighted by Gasteiger charge is -2.24. The Kier molecular flexibility index (Phi) is 10.6. The van der Waals surface area contributed by atoms with Crippen LogP contribution in [0.1, 0.15) is 19.0 Å². The van der Waals surface area contributed by atoms with E-state index in [-0.39, 0.29) is 12.2 Å². The zero-order chi connectivity index (χ0) is 24.4. The zero-order valence-corrected chi connectivity index (χ0v) is 17.9. The van der Waals surface area contributed by atoms with E-state index in [0.717, 1.165) is 6.92 Å². The Morgan fingerprint density at radius 1 is 1.09 bits per heavy atom. The van der Waals surface area contributed by atoms with Gasteiger partial charge in [0.05, 0.1) is 24.9 Å². The first-order chi connectivity index (χ1) is 15.0. The number of carboxylic acid groups (broad SMARTS) is 2. The summed E-state index contributed by atoms with van der Waals surface area (Å²) >= 11 is 3.91. The minimum Gasteiger partial charge on any atom is -0.481 e. The molecule has 15 heteroatoms. The largest absolute Gasteiger partial charge is 0.481 e. The van der Waals surface area contributed by atoms with Crippen molar-refractivity contribution >= 4 is 42.3 Å². The van der Waals surface area contributed by atoms with Gasteiger partial charge in [0.25, 0.3) is 0 Å². The molecule has 0 spiro atoms. The highest BCUT2D eigenvalue weighted by molar-refractivity contribution is 7.80. The van der Waals surface area contributed by atoms with E-state index in [2.05, 4.69) is 33.2 Å². The fourth-order valence-corrected chi connectivity index (χ4v) is 2.65. The number of carbonyl (C=O) groups is 5. The van der Waals surface area contributed by atoms with Crippen LogP contribution in [0.2, 0.25) is 0 Å². The minimum atomic E-state index is -1.73. The Labute approximate surface area is 187 Å².